The van der Waals surface area contributed by atoms with Crippen molar-refractivity contribution in [3.63, 3.8) is 0 Å². The molecule has 1 amide bonds. The third kappa shape index (κ3) is 3.32. The van der Waals surface area contributed by atoms with E-state index in [9.17, 15) is 4.79 Å². The van der Waals surface area contributed by atoms with E-state index in [2.05, 4.69) is 28.9 Å². The highest BCUT2D eigenvalue weighted by Crippen LogP contribution is 2.31. The Bertz CT molecular complexity index is 1170. The molecule has 0 radical (unpaired) electrons. The molecule has 0 saturated heterocycles. The number of rotatable bonds is 5. The van der Waals surface area contributed by atoms with Crippen LogP contribution in [-0.4, -0.2) is 16.6 Å². The van der Waals surface area contributed by atoms with Crippen molar-refractivity contribution >= 4 is 45.0 Å². The number of carbonyl (C=O) groups is 1. The summed E-state index contributed by atoms with van der Waals surface area (Å²) in [6, 6.07) is 21.4. The zero-order valence-corrected chi connectivity index (χ0v) is 16.5. The van der Waals surface area contributed by atoms with Crippen LogP contribution in [0.2, 0.25) is 5.02 Å². The van der Waals surface area contributed by atoms with Crippen LogP contribution in [0.25, 0.3) is 21.8 Å². The second-order valence-corrected chi connectivity index (χ2v) is 7.08. The Kier molecular flexibility index (Phi) is 4.97. The van der Waals surface area contributed by atoms with Gasteiger partial charge in [0.25, 0.3) is 5.91 Å². The fraction of sp³-hybridized carbons (Fsp3) is 0.174. The van der Waals surface area contributed by atoms with Crippen molar-refractivity contribution in [3.8, 4) is 5.75 Å². The predicted octanol–water partition coefficient (Wildman–Crippen LogP) is 5.87. The van der Waals surface area contributed by atoms with E-state index in [-0.39, 0.29) is 5.91 Å². The first-order valence-corrected chi connectivity index (χ1v) is 9.69. The van der Waals surface area contributed by atoms with E-state index >= 15 is 0 Å². The third-order valence-corrected chi connectivity index (χ3v) is 5.18. The molecule has 1 aromatic heterocycles. The molecule has 0 unspecified atom stereocenters. The maximum Gasteiger partial charge on any atom is 0.265 e. The summed E-state index contributed by atoms with van der Waals surface area (Å²) in [6.07, 6.45) is -0.674. The van der Waals surface area contributed by atoms with Crippen LogP contribution in [0.5, 0.6) is 5.75 Å². The molecular formula is C23H21ClN2O2. The molecule has 5 heteroatoms. The summed E-state index contributed by atoms with van der Waals surface area (Å²) < 4.78 is 7.99. The number of nitrogens with zero attached hydrogens (tertiary/aromatic N) is 1. The van der Waals surface area contributed by atoms with Crippen LogP contribution in [0.1, 0.15) is 13.8 Å². The summed E-state index contributed by atoms with van der Waals surface area (Å²) in [5.41, 5.74) is 3.09. The highest BCUT2D eigenvalue weighted by Gasteiger charge is 2.17. The van der Waals surface area contributed by atoms with Gasteiger partial charge in [0.2, 0.25) is 0 Å². The van der Waals surface area contributed by atoms with Gasteiger partial charge < -0.3 is 14.6 Å². The lowest BCUT2D eigenvalue weighted by Gasteiger charge is -2.15. The molecule has 4 rings (SSSR count). The van der Waals surface area contributed by atoms with Crippen LogP contribution in [-0.2, 0) is 11.3 Å². The van der Waals surface area contributed by atoms with Crippen molar-refractivity contribution in [2.75, 3.05) is 5.32 Å². The lowest BCUT2D eigenvalue weighted by molar-refractivity contribution is -0.122. The molecule has 142 valence electrons. The standard InChI is InChI=1S/C23H21ClN2O2/c1-3-26-20-10-6-4-8-17(20)18-14-16(12-13-21(18)26)25-23(27)15(2)28-22-11-7-5-9-19(22)24/h4-15H,3H2,1-2H3,(H,25,27)/t15-/m1/s1. The average molecular weight is 393 g/mol. The van der Waals surface area contributed by atoms with E-state index in [1.54, 1.807) is 19.1 Å². The number of ether oxygens (including phenoxy) is 1. The van der Waals surface area contributed by atoms with Gasteiger partial charge in [0, 0.05) is 34.0 Å². The van der Waals surface area contributed by atoms with Crippen LogP contribution in [0.15, 0.2) is 66.7 Å². The first-order chi connectivity index (χ1) is 13.6. The first-order valence-electron chi connectivity index (χ1n) is 9.31. The molecule has 0 bridgehead atoms. The Morgan fingerprint density at radius 3 is 2.54 bits per heavy atom. The number of carbonyl (C=O) groups excluding carboxylic acids is 1. The van der Waals surface area contributed by atoms with Crippen LogP contribution in [0.4, 0.5) is 5.69 Å². The number of nitrogens with one attached hydrogen (secondary N) is 1. The monoisotopic (exact) mass is 392 g/mol. The topological polar surface area (TPSA) is 43.3 Å². The largest absolute Gasteiger partial charge is 0.479 e. The number of hydrogen-bond acceptors (Lipinski definition) is 2. The quantitative estimate of drug-likeness (QED) is 0.461. The SMILES string of the molecule is CCn1c2ccccc2c2cc(NC(=O)[C@@H](C)Oc3ccccc3Cl)ccc21. The minimum absolute atomic E-state index is 0.224. The normalized spacial score (nSPS) is 12.2. The van der Waals surface area contributed by atoms with Crippen molar-refractivity contribution in [1.82, 2.24) is 4.57 Å². The molecule has 4 nitrogen and oxygen atoms in total. The van der Waals surface area contributed by atoms with Crippen LogP contribution < -0.4 is 10.1 Å². The number of benzene rings is 3. The van der Waals surface area contributed by atoms with Gasteiger partial charge in [0.05, 0.1) is 5.02 Å². The molecule has 1 heterocycles. The molecule has 0 fully saturated rings. The summed E-state index contributed by atoms with van der Waals surface area (Å²) in [7, 11) is 0. The molecule has 1 N–H and O–H groups in total. The lowest BCUT2D eigenvalue weighted by Crippen LogP contribution is -2.30. The zero-order chi connectivity index (χ0) is 19.7. The molecular weight excluding hydrogens is 372 g/mol. The summed E-state index contributed by atoms with van der Waals surface area (Å²) in [6.45, 7) is 4.73. The number of halogens is 1. The summed E-state index contributed by atoms with van der Waals surface area (Å²) >= 11 is 6.11. The van der Waals surface area contributed by atoms with Gasteiger partial charge in [-0.15, -0.1) is 0 Å². The number of fused-ring (bicyclic) bond motifs is 3. The fourth-order valence-corrected chi connectivity index (χ4v) is 3.68. The van der Waals surface area contributed by atoms with Gasteiger partial charge in [0.1, 0.15) is 5.75 Å². The Morgan fingerprint density at radius 2 is 1.75 bits per heavy atom. The lowest BCUT2D eigenvalue weighted by atomic mass is 10.1. The number of aryl methyl sites for hydroxylation is 1. The highest BCUT2D eigenvalue weighted by molar-refractivity contribution is 6.32. The summed E-state index contributed by atoms with van der Waals surface area (Å²) in [5.74, 6) is 0.270. The van der Waals surface area contributed by atoms with E-state index in [0.717, 1.165) is 23.1 Å². The van der Waals surface area contributed by atoms with Crippen LogP contribution in [0, 0.1) is 0 Å². The van der Waals surface area contributed by atoms with Crippen molar-refractivity contribution < 1.29 is 9.53 Å². The Labute approximate surface area is 168 Å². The van der Waals surface area contributed by atoms with Gasteiger partial charge in [-0.1, -0.05) is 41.9 Å². The highest BCUT2D eigenvalue weighted by atomic mass is 35.5. The van der Waals surface area contributed by atoms with E-state index in [1.165, 1.54) is 10.9 Å². The Hall–Kier alpha value is -2.98. The summed E-state index contributed by atoms with van der Waals surface area (Å²) in [4.78, 5) is 12.6. The zero-order valence-electron chi connectivity index (χ0n) is 15.8. The molecule has 0 saturated carbocycles. The number of aromatic nitrogens is 1. The van der Waals surface area contributed by atoms with Crippen molar-refractivity contribution in [1.29, 1.82) is 0 Å². The molecule has 3 aromatic carbocycles. The maximum absolute atomic E-state index is 12.6. The smallest absolute Gasteiger partial charge is 0.265 e. The van der Waals surface area contributed by atoms with E-state index in [1.807, 2.05) is 42.5 Å². The Balaban J connectivity index is 1.60. The molecule has 0 spiro atoms. The van der Waals surface area contributed by atoms with E-state index in [0.29, 0.717) is 10.8 Å². The fourth-order valence-electron chi connectivity index (χ4n) is 3.50. The predicted molar refractivity (Wildman–Crippen MR) is 115 cm³/mol. The number of amides is 1. The molecule has 0 aliphatic rings. The van der Waals surface area contributed by atoms with E-state index in [4.69, 9.17) is 16.3 Å². The van der Waals surface area contributed by atoms with Gasteiger partial charge in [-0.2, -0.15) is 0 Å². The minimum atomic E-state index is -0.674. The van der Waals surface area contributed by atoms with Gasteiger partial charge in [-0.05, 0) is 50.2 Å². The molecule has 4 aromatic rings. The first kappa shape index (κ1) is 18.4. The summed E-state index contributed by atoms with van der Waals surface area (Å²) in [5, 5.41) is 5.73. The third-order valence-electron chi connectivity index (χ3n) is 4.87. The van der Waals surface area contributed by atoms with Crippen molar-refractivity contribution in [2.45, 2.75) is 26.5 Å². The van der Waals surface area contributed by atoms with Gasteiger partial charge in [0.15, 0.2) is 6.10 Å². The minimum Gasteiger partial charge on any atom is -0.479 e. The van der Waals surface area contributed by atoms with Crippen LogP contribution in [0.3, 0.4) is 0 Å². The number of hydrogen-bond donors (Lipinski definition) is 1. The molecule has 28 heavy (non-hydrogen) atoms. The van der Waals surface area contributed by atoms with E-state index < -0.39 is 6.10 Å². The average Bonchev–Trinajstić information content (AvgIpc) is 3.02. The maximum atomic E-state index is 12.6. The number of anilines is 1. The number of para-hydroxylation sites is 2. The molecule has 0 aliphatic carbocycles. The second-order valence-electron chi connectivity index (χ2n) is 6.67. The van der Waals surface area contributed by atoms with Crippen molar-refractivity contribution in [3.05, 3.63) is 71.8 Å². The Morgan fingerprint density at radius 1 is 1.04 bits per heavy atom. The second kappa shape index (κ2) is 7.56. The van der Waals surface area contributed by atoms with Crippen molar-refractivity contribution in [2.24, 2.45) is 0 Å². The molecule has 0 aliphatic heterocycles. The molecule has 1 atom stereocenters. The van der Waals surface area contributed by atoms with Gasteiger partial charge in [-0.3, -0.25) is 4.79 Å². The van der Waals surface area contributed by atoms with Gasteiger partial charge in [-0.25, -0.2) is 0 Å². The van der Waals surface area contributed by atoms with Crippen LogP contribution >= 0.6 is 11.6 Å². The van der Waals surface area contributed by atoms with Gasteiger partial charge >= 0.3 is 0 Å².